The van der Waals surface area contributed by atoms with E-state index in [1.807, 2.05) is 37.6 Å². The van der Waals surface area contributed by atoms with E-state index in [1.54, 1.807) is 6.07 Å². The fraction of sp³-hybridized carbons (Fsp3) is 0.409. The highest BCUT2D eigenvalue weighted by atomic mass is 35.5. The van der Waals surface area contributed by atoms with Gasteiger partial charge < -0.3 is 15.0 Å². The minimum atomic E-state index is -0.199. The summed E-state index contributed by atoms with van der Waals surface area (Å²) in [6, 6.07) is 5.43. The molecule has 3 heterocycles. The average molecular weight is 428 g/mol. The highest BCUT2D eigenvalue weighted by Crippen LogP contribution is 2.27. The number of carbonyl (C=O) groups excluding carboxylic acids is 1. The summed E-state index contributed by atoms with van der Waals surface area (Å²) in [5.74, 6) is 0.521. The normalized spacial score (nSPS) is 20.9. The summed E-state index contributed by atoms with van der Waals surface area (Å²) < 4.78 is 5.88. The highest BCUT2D eigenvalue weighted by molar-refractivity contribution is 6.38. The molecule has 2 aromatic heterocycles. The molecule has 3 aromatic rings. The third kappa shape index (κ3) is 4.33. The van der Waals surface area contributed by atoms with Crippen molar-refractivity contribution >= 4 is 28.4 Å². The summed E-state index contributed by atoms with van der Waals surface area (Å²) >= 11 is 6.49. The first kappa shape index (κ1) is 20.8. The Morgan fingerprint density at radius 1 is 1.27 bits per heavy atom. The van der Waals surface area contributed by atoms with Gasteiger partial charge in [0.05, 0.1) is 28.8 Å². The molecule has 3 atom stereocenters. The Labute approximate surface area is 180 Å². The number of nitrogens with one attached hydrogen (secondary N) is 2. The molecule has 0 spiro atoms. The third-order valence-electron chi connectivity index (χ3n) is 5.44. The number of halogens is 1. The van der Waals surface area contributed by atoms with Gasteiger partial charge in [0, 0.05) is 54.7 Å². The summed E-state index contributed by atoms with van der Waals surface area (Å²) in [6.07, 6.45) is 5.71. The lowest BCUT2D eigenvalue weighted by molar-refractivity contribution is -0.0805. The zero-order valence-corrected chi connectivity index (χ0v) is 18.1. The zero-order chi connectivity index (χ0) is 21.3. The minimum Gasteiger partial charge on any atom is -0.373 e. The molecule has 158 valence electrons. The van der Waals surface area contributed by atoms with E-state index in [1.165, 1.54) is 0 Å². The highest BCUT2D eigenvalue weighted by Gasteiger charge is 2.30. The van der Waals surface area contributed by atoms with Crippen LogP contribution < -0.4 is 5.32 Å². The van der Waals surface area contributed by atoms with Gasteiger partial charge in [0.15, 0.2) is 0 Å². The first-order chi connectivity index (χ1) is 14.4. The van der Waals surface area contributed by atoms with Gasteiger partial charge in [-0.15, -0.1) is 0 Å². The number of H-pyrrole nitrogens is 1. The van der Waals surface area contributed by atoms with Crippen LogP contribution in [0.1, 0.15) is 41.6 Å². The molecule has 0 radical (unpaired) electrons. The number of aromatic nitrogens is 3. The number of aromatic amines is 1. The van der Waals surface area contributed by atoms with E-state index in [2.05, 4.69) is 39.0 Å². The molecular formula is C22H26ClN5O2. The van der Waals surface area contributed by atoms with Gasteiger partial charge in [-0.25, -0.2) is 9.97 Å². The maximum atomic E-state index is 13.0. The molecule has 1 aliphatic heterocycles. The summed E-state index contributed by atoms with van der Waals surface area (Å²) in [5, 5.41) is 4.36. The molecule has 0 aliphatic carbocycles. The Morgan fingerprint density at radius 3 is 2.67 bits per heavy atom. The number of hydrogen-bond donors (Lipinski definition) is 2. The number of nitrogens with zero attached hydrogens (tertiary/aromatic N) is 3. The number of aryl methyl sites for hydroxylation is 1. The Hall–Kier alpha value is -2.48. The quantitative estimate of drug-likeness (QED) is 0.651. The Balaban J connectivity index is 1.55. The van der Waals surface area contributed by atoms with Crippen LogP contribution in [0.5, 0.6) is 0 Å². The number of benzene rings is 1. The van der Waals surface area contributed by atoms with Gasteiger partial charge in [-0.3, -0.25) is 9.69 Å². The van der Waals surface area contributed by atoms with Gasteiger partial charge in [0.25, 0.3) is 5.91 Å². The minimum absolute atomic E-state index is 0.0573. The van der Waals surface area contributed by atoms with Crippen molar-refractivity contribution in [3.63, 3.8) is 0 Å². The van der Waals surface area contributed by atoms with Crippen LogP contribution in [0, 0.1) is 6.92 Å². The van der Waals surface area contributed by atoms with Crippen molar-refractivity contribution in [1.82, 2.24) is 25.2 Å². The molecule has 1 aromatic carbocycles. The predicted octanol–water partition coefficient (Wildman–Crippen LogP) is 3.50. The Kier molecular flexibility index (Phi) is 6.04. The fourth-order valence-electron chi connectivity index (χ4n) is 4.06. The average Bonchev–Trinajstić information content (AvgIpc) is 3.19. The largest absolute Gasteiger partial charge is 0.373 e. The van der Waals surface area contributed by atoms with E-state index >= 15 is 0 Å². The molecular weight excluding hydrogens is 402 g/mol. The van der Waals surface area contributed by atoms with Crippen molar-refractivity contribution in [1.29, 1.82) is 0 Å². The maximum Gasteiger partial charge on any atom is 0.252 e. The zero-order valence-electron chi connectivity index (χ0n) is 17.4. The Morgan fingerprint density at radius 2 is 1.97 bits per heavy atom. The van der Waals surface area contributed by atoms with Gasteiger partial charge >= 0.3 is 0 Å². The number of rotatable bonds is 5. The molecule has 0 bridgehead atoms. The molecule has 4 rings (SSSR count). The molecule has 7 nitrogen and oxygen atoms in total. The van der Waals surface area contributed by atoms with Gasteiger partial charge in [0.2, 0.25) is 0 Å². The summed E-state index contributed by atoms with van der Waals surface area (Å²) in [7, 11) is 0. The lowest BCUT2D eigenvalue weighted by Crippen LogP contribution is -2.49. The topological polar surface area (TPSA) is 83.1 Å². The molecule has 30 heavy (non-hydrogen) atoms. The van der Waals surface area contributed by atoms with Gasteiger partial charge in [-0.2, -0.15) is 0 Å². The predicted molar refractivity (Wildman–Crippen MR) is 117 cm³/mol. The van der Waals surface area contributed by atoms with E-state index in [4.69, 9.17) is 16.3 Å². The van der Waals surface area contributed by atoms with Crippen molar-refractivity contribution in [3.05, 3.63) is 58.8 Å². The van der Waals surface area contributed by atoms with Crippen LogP contribution in [0.25, 0.3) is 10.9 Å². The second kappa shape index (κ2) is 8.71. The monoisotopic (exact) mass is 427 g/mol. The summed E-state index contributed by atoms with van der Waals surface area (Å²) in [4.78, 5) is 27.1. The van der Waals surface area contributed by atoms with E-state index < -0.39 is 0 Å². The first-order valence-corrected chi connectivity index (χ1v) is 10.5. The first-order valence-electron chi connectivity index (χ1n) is 10.1. The molecule has 2 N–H and O–H groups in total. The van der Waals surface area contributed by atoms with E-state index in [0.29, 0.717) is 17.1 Å². The summed E-state index contributed by atoms with van der Waals surface area (Å²) in [6.45, 7) is 7.96. The van der Waals surface area contributed by atoms with Crippen LogP contribution in [0.3, 0.4) is 0 Å². The lowest BCUT2D eigenvalue weighted by Gasteiger charge is -2.40. The maximum absolute atomic E-state index is 13.0. The molecule has 1 unspecified atom stereocenters. The van der Waals surface area contributed by atoms with Crippen molar-refractivity contribution in [3.8, 4) is 0 Å². The molecule has 0 saturated carbocycles. The van der Waals surface area contributed by atoms with Crippen LogP contribution in [0.15, 0.2) is 36.8 Å². The molecule has 1 saturated heterocycles. The van der Waals surface area contributed by atoms with Crippen molar-refractivity contribution in [2.75, 3.05) is 19.6 Å². The lowest BCUT2D eigenvalue weighted by atomic mass is 10.1. The van der Waals surface area contributed by atoms with Crippen molar-refractivity contribution < 1.29 is 9.53 Å². The van der Waals surface area contributed by atoms with E-state index in [9.17, 15) is 4.79 Å². The number of morpholine rings is 1. The van der Waals surface area contributed by atoms with Gasteiger partial charge in [0.1, 0.15) is 5.82 Å². The number of ether oxygens (including phenoxy) is 1. The van der Waals surface area contributed by atoms with Crippen LogP contribution in [-0.4, -0.2) is 57.6 Å². The Bertz CT molecular complexity index is 1030. The standard InChI is InChI=1S/C22H26ClN5O2/c1-13-11-28(12-14(2)30-13)20(16-8-25-15(3)26-9-16)10-27-22(29)18-4-5-19-17(21(18)23)6-7-24-19/h4-9,13-14,20,24H,10-12H2,1-3H3,(H,27,29)/t13-,14+,20?. The SMILES string of the molecule is Cc1ncc(C(CNC(=O)c2ccc3[nH]ccc3c2Cl)N2C[C@@H](C)O[C@@H](C)C2)cn1. The van der Waals surface area contributed by atoms with Crippen LogP contribution >= 0.6 is 11.6 Å². The molecule has 1 fully saturated rings. The van der Waals surface area contributed by atoms with Crippen molar-refractivity contribution in [2.45, 2.75) is 39.0 Å². The van der Waals surface area contributed by atoms with Crippen LogP contribution in [0.2, 0.25) is 5.02 Å². The van der Waals surface area contributed by atoms with Gasteiger partial charge in [-0.05, 0) is 39.0 Å². The number of fused-ring (bicyclic) bond motifs is 1. The van der Waals surface area contributed by atoms with E-state index in [-0.39, 0.29) is 24.2 Å². The number of carbonyl (C=O) groups is 1. The number of amides is 1. The molecule has 1 aliphatic rings. The number of hydrogen-bond acceptors (Lipinski definition) is 5. The smallest absolute Gasteiger partial charge is 0.252 e. The molecule has 8 heteroatoms. The van der Waals surface area contributed by atoms with Gasteiger partial charge in [-0.1, -0.05) is 11.6 Å². The second-order valence-corrected chi connectivity index (χ2v) is 8.24. The van der Waals surface area contributed by atoms with E-state index in [0.717, 1.165) is 35.4 Å². The molecule has 1 amide bonds. The third-order valence-corrected chi connectivity index (χ3v) is 5.85. The van der Waals surface area contributed by atoms with Crippen molar-refractivity contribution in [2.24, 2.45) is 0 Å². The van der Waals surface area contributed by atoms with Crippen LogP contribution in [-0.2, 0) is 4.74 Å². The fourth-order valence-corrected chi connectivity index (χ4v) is 4.37. The van der Waals surface area contributed by atoms with Crippen LogP contribution in [0.4, 0.5) is 0 Å². The second-order valence-electron chi connectivity index (χ2n) is 7.87. The summed E-state index contributed by atoms with van der Waals surface area (Å²) in [5.41, 5.74) is 2.34.